The first-order chi connectivity index (χ1) is 14.0. The van der Waals surface area contributed by atoms with Crippen LogP contribution in [0.3, 0.4) is 0 Å². The van der Waals surface area contributed by atoms with E-state index in [0.717, 1.165) is 45.3 Å². The Kier molecular flexibility index (Phi) is 6.68. The molecule has 0 saturated carbocycles. The molecule has 3 rings (SSSR count). The van der Waals surface area contributed by atoms with E-state index in [0.29, 0.717) is 0 Å². The first-order valence-corrected chi connectivity index (χ1v) is 9.98. The van der Waals surface area contributed by atoms with Crippen LogP contribution in [-0.2, 0) is 6.42 Å². The summed E-state index contributed by atoms with van der Waals surface area (Å²) in [6.07, 6.45) is 4.10. The summed E-state index contributed by atoms with van der Waals surface area (Å²) in [5.41, 5.74) is 4.25. The van der Waals surface area contributed by atoms with Crippen molar-refractivity contribution in [1.82, 2.24) is 15.0 Å². The summed E-state index contributed by atoms with van der Waals surface area (Å²) in [4.78, 5) is 16.0. The van der Waals surface area contributed by atoms with Gasteiger partial charge in [-0.05, 0) is 55.6 Å². The highest BCUT2D eigenvalue weighted by Crippen LogP contribution is 2.24. The van der Waals surface area contributed by atoms with Crippen molar-refractivity contribution >= 4 is 23.5 Å². The number of aromatic nitrogens is 3. The second kappa shape index (κ2) is 9.39. The molecule has 0 fully saturated rings. The topological polar surface area (TPSA) is 53.9 Å². The lowest BCUT2D eigenvalue weighted by molar-refractivity contribution is 0.626. The fourth-order valence-corrected chi connectivity index (χ4v) is 3.31. The standard InChI is InChI=1S/C22H22FN5S/c1-5-20-19(22(28(3)4)26-14-25-20)11-6-16-12-21(15(2)24-13-16)27-29-18-9-7-17(23)8-10-18/h7-10,12-14,27H,5H2,1-4H3. The first kappa shape index (κ1) is 20.6. The molecule has 0 aliphatic carbocycles. The highest BCUT2D eigenvalue weighted by Gasteiger charge is 2.10. The number of nitrogens with one attached hydrogen (secondary N) is 1. The zero-order valence-corrected chi connectivity index (χ0v) is 17.6. The van der Waals surface area contributed by atoms with E-state index in [1.807, 2.05) is 32.0 Å². The van der Waals surface area contributed by atoms with Crippen molar-refractivity contribution < 1.29 is 4.39 Å². The lowest BCUT2D eigenvalue weighted by Gasteiger charge is -2.14. The Labute approximate surface area is 174 Å². The lowest BCUT2D eigenvalue weighted by atomic mass is 10.1. The van der Waals surface area contributed by atoms with Gasteiger partial charge < -0.3 is 9.62 Å². The van der Waals surface area contributed by atoms with Gasteiger partial charge in [0.1, 0.15) is 18.0 Å². The Morgan fingerprint density at radius 2 is 1.86 bits per heavy atom. The lowest BCUT2D eigenvalue weighted by Crippen LogP contribution is -2.14. The van der Waals surface area contributed by atoms with Crippen molar-refractivity contribution in [2.24, 2.45) is 0 Å². The van der Waals surface area contributed by atoms with E-state index >= 15 is 0 Å². The van der Waals surface area contributed by atoms with E-state index in [1.165, 1.54) is 24.1 Å². The molecule has 0 aliphatic rings. The predicted molar refractivity (Wildman–Crippen MR) is 117 cm³/mol. The van der Waals surface area contributed by atoms with Crippen molar-refractivity contribution in [3.05, 3.63) is 71.2 Å². The van der Waals surface area contributed by atoms with Gasteiger partial charge in [0.15, 0.2) is 0 Å². The molecule has 148 valence electrons. The van der Waals surface area contributed by atoms with Gasteiger partial charge in [0.25, 0.3) is 0 Å². The monoisotopic (exact) mass is 407 g/mol. The molecule has 29 heavy (non-hydrogen) atoms. The van der Waals surface area contributed by atoms with Crippen molar-refractivity contribution in [2.75, 3.05) is 23.7 Å². The molecule has 7 heteroatoms. The summed E-state index contributed by atoms with van der Waals surface area (Å²) >= 11 is 1.40. The van der Waals surface area contributed by atoms with Crippen LogP contribution in [0.25, 0.3) is 0 Å². The summed E-state index contributed by atoms with van der Waals surface area (Å²) < 4.78 is 16.3. The Hall–Kier alpha value is -3.11. The second-order valence-corrected chi connectivity index (χ2v) is 7.41. The Balaban J connectivity index is 1.85. The third-order valence-corrected chi connectivity index (χ3v) is 5.01. The molecular weight excluding hydrogens is 385 g/mol. The highest BCUT2D eigenvalue weighted by atomic mass is 32.2. The number of rotatable bonds is 5. The van der Waals surface area contributed by atoms with Gasteiger partial charge in [0, 0.05) is 30.8 Å². The van der Waals surface area contributed by atoms with Crippen LogP contribution < -0.4 is 9.62 Å². The van der Waals surface area contributed by atoms with Crippen LogP contribution in [0.4, 0.5) is 15.9 Å². The van der Waals surface area contributed by atoms with Crippen LogP contribution in [-0.4, -0.2) is 29.0 Å². The minimum absolute atomic E-state index is 0.252. The largest absolute Gasteiger partial charge is 0.362 e. The van der Waals surface area contributed by atoms with E-state index < -0.39 is 0 Å². The molecule has 2 heterocycles. The zero-order chi connectivity index (χ0) is 20.8. The highest BCUT2D eigenvalue weighted by molar-refractivity contribution is 8.00. The van der Waals surface area contributed by atoms with Gasteiger partial charge in [-0.25, -0.2) is 14.4 Å². The molecule has 2 aromatic heterocycles. The fourth-order valence-electron chi connectivity index (χ4n) is 2.60. The molecule has 0 spiro atoms. The molecule has 0 aliphatic heterocycles. The van der Waals surface area contributed by atoms with E-state index in [2.05, 4.69) is 38.4 Å². The maximum absolute atomic E-state index is 13.1. The summed E-state index contributed by atoms with van der Waals surface area (Å²) in [7, 11) is 3.88. The number of pyridine rings is 1. The van der Waals surface area contributed by atoms with Crippen LogP contribution in [0.2, 0.25) is 0 Å². The number of benzene rings is 1. The molecule has 0 radical (unpaired) electrons. The number of hydrogen-bond acceptors (Lipinski definition) is 6. The van der Waals surface area contributed by atoms with Gasteiger partial charge in [0.2, 0.25) is 0 Å². The molecule has 0 amide bonds. The molecular formula is C22H22FN5S. The molecule has 0 bridgehead atoms. The minimum Gasteiger partial charge on any atom is -0.362 e. The van der Waals surface area contributed by atoms with Crippen LogP contribution >= 0.6 is 11.9 Å². The van der Waals surface area contributed by atoms with Gasteiger partial charge >= 0.3 is 0 Å². The maximum atomic E-state index is 13.1. The quantitative estimate of drug-likeness (QED) is 0.498. The van der Waals surface area contributed by atoms with Gasteiger partial charge in [0.05, 0.1) is 22.6 Å². The minimum atomic E-state index is -0.252. The van der Waals surface area contributed by atoms with E-state index in [9.17, 15) is 4.39 Å². The number of halogens is 1. The van der Waals surface area contributed by atoms with Crippen molar-refractivity contribution in [3.8, 4) is 11.8 Å². The van der Waals surface area contributed by atoms with Gasteiger partial charge in [-0.3, -0.25) is 4.98 Å². The number of hydrogen-bond donors (Lipinski definition) is 1. The van der Waals surface area contributed by atoms with Crippen LogP contribution in [0, 0.1) is 24.6 Å². The van der Waals surface area contributed by atoms with Crippen LogP contribution in [0.15, 0.2) is 47.8 Å². The van der Waals surface area contributed by atoms with E-state index in [4.69, 9.17) is 0 Å². The van der Waals surface area contributed by atoms with Crippen molar-refractivity contribution in [2.45, 2.75) is 25.2 Å². The molecule has 1 N–H and O–H groups in total. The Morgan fingerprint density at radius 1 is 1.10 bits per heavy atom. The average Bonchev–Trinajstić information content (AvgIpc) is 2.73. The van der Waals surface area contributed by atoms with E-state index in [-0.39, 0.29) is 5.82 Å². The van der Waals surface area contributed by atoms with Gasteiger partial charge in [-0.1, -0.05) is 18.8 Å². The zero-order valence-electron chi connectivity index (χ0n) is 16.8. The van der Waals surface area contributed by atoms with Gasteiger partial charge in [-0.2, -0.15) is 0 Å². The maximum Gasteiger partial charge on any atom is 0.147 e. The molecule has 5 nitrogen and oxygen atoms in total. The van der Waals surface area contributed by atoms with Crippen molar-refractivity contribution in [3.63, 3.8) is 0 Å². The predicted octanol–water partition coefficient (Wildman–Crippen LogP) is 4.47. The summed E-state index contributed by atoms with van der Waals surface area (Å²) in [5, 5.41) is 0. The molecule has 1 aromatic carbocycles. The number of nitrogens with zero attached hydrogens (tertiary/aromatic N) is 4. The normalized spacial score (nSPS) is 10.2. The van der Waals surface area contributed by atoms with E-state index in [1.54, 1.807) is 24.7 Å². The first-order valence-electron chi connectivity index (χ1n) is 9.16. The summed E-state index contributed by atoms with van der Waals surface area (Å²) in [5.74, 6) is 6.96. The molecule has 0 saturated heterocycles. The fraction of sp³-hybridized carbons (Fsp3) is 0.227. The number of aryl methyl sites for hydroxylation is 2. The Bertz CT molecular complexity index is 1060. The SMILES string of the molecule is CCc1ncnc(N(C)C)c1C#Cc1cnc(C)c(NSc2ccc(F)cc2)c1. The summed E-state index contributed by atoms with van der Waals surface area (Å²) in [6, 6.07) is 8.28. The average molecular weight is 408 g/mol. The summed E-state index contributed by atoms with van der Waals surface area (Å²) in [6.45, 7) is 3.98. The molecule has 0 atom stereocenters. The van der Waals surface area contributed by atoms with Crippen LogP contribution in [0.5, 0.6) is 0 Å². The molecule has 3 aromatic rings. The number of anilines is 2. The molecule has 0 unspecified atom stereocenters. The Morgan fingerprint density at radius 3 is 2.55 bits per heavy atom. The smallest absolute Gasteiger partial charge is 0.147 e. The third-order valence-electron chi connectivity index (χ3n) is 4.18. The van der Waals surface area contributed by atoms with Crippen LogP contribution in [0.1, 0.15) is 29.4 Å². The second-order valence-electron chi connectivity index (χ2n) is 6.53. The van der Waals surface area contributed by atoms with Gasteiger partial charge in [-0.15, -0.1) is 0 Å². The third kappa shape index (κ3) is 5.24. The van der Waals surface area contributed by atoms with Crippen molar-refractivity contribution in [1.29, 1.82) is 0 Å².